The Morgan fingerprint density at radius 1 is 1.18 bits per heavy atom. The minimum atomic E-state index is 0.815. The summed E-state index contributed by atoms with van der Waals surface area (Å²) in [5.41, 5.74) is 3.11. The molecule has 0 saturated carbocycles. The van der Waals surface area contributed by atoms with Crippen molar-refractivity contribution in [2.75, 3.05) is 23.4 Å². The summed E-state index contributed by atoms with van der Waals surface area (Å²) in [7, 11) is 2.00. The molecule has 1 aliphatic rings. The van der Waals surface area contributed by atoms with Crippen LogP contribution < -0.4 is 9.80 Å². The fourth-order valence-electron chi connectivity index (χ4n) is 2.85. The number of fused-ring (bicyclic) bond motifs is 4. The normalized spacial score (nSPS) is 14.0. The summed E-state index contributed by atoms with van der Waals surface area (Å²) in [5, 5.41) is 0. The Bertz CT molecular complexity index is 887. The van der Waals surface area contributed by atoms with E-state index in [0.717, 1.165) is 43.8 Å². The van der Waals surface area contributed by atoms with Gasteiger partial charge in [0.1, 0.15) is 10.5 Å². The van der Waals surface area contributed by atoms with Crippen LogP contribution in [0.25, 0.3) is 10.2 Å². The molecule has 0 aliphatic carbocycles. The summed E-state index contributed by atoms with van der Waals surface area (Å²) in [6.45, 7) is 2.94. The number of thiocarbonyl (C=S) groups is 1. The fraction of sp³-hybridized carbons (Fsp3) is 0.188. The maximum atomic E-state index is 5.74. The molecule has 0 N–H and O–H groups in total. The predicted octanol–water partition coefficient (Wildman–Crippen LogP) is 3.97. The van der Waals surface area contributed by atoms with Crippen LogP contribution >= 0.6 is 23.6 Å². The van der Waals surface area contributed by atoms with E-state index in [1.165, 1.54) is 0 Å². The van der Waals surface area contributed by atoms with Crippen LogP contribution in [0.4, 0.5) is 17.2 Å². The van der Waals surface area contributed by atoms with Crippen molar-refractivity contribution in [1.29, 1.82) is 0 Å². The van der Waals surface area contributed by atoms with Crippen LogP contribution in [0.3, 0.4) is 0 Å². The maximum Gasteiger partial charge on any atom is 0.157 e. The van der Waals surface area contributed by atoms with Gasteiger partial charge in [-0.05, 0) is 31.2 Å². The molecule has 0 bridgehead atoms. The number of anilines is 3. The number of thiophene rings is 1. The number of rotatable bonds is 1. The van der Waals surface area contributed by atoms with Gasteiger partial charge in [0.25, 0.3) is 0 Å². The van der Waals surface area contributed by atoms with E-state index in [-0.39, 0.29) is 0 Å². The first-order chi connectivity index (χ1) is 10.7. The van der Waals surface area contributed by atoms with Crippen molar-refractivity contribution < 1.29 is 0 Å². The summed E-state index contributed by atoms with van der Waals surface area (Å²) in [6.07, 6.45) is 3.66. The van der Waals surface area contributed by atoms with Crippen molar-refractivity contribution in [3.8, 4) is 0 Å². The van der Waals surface area contributed by atoms with Crippen molar-refractivity contribution in [1.82, 2.24) is 9.97 Å². The average molecular weight is 326 g/mol. The summed E-state index contributed by atoms with van der Waals surface area (Å²) < 4.78 is 1.15. The highest BCUT2D eigenvalue weighted by molar-refractivity contribution is 7.81. The Kier molecular flexibility index (Phi) is 3.09. The van der Waals surface area contributed by atoms with Gasteiger partial charge in [-0.25, -0.2) is 4.98 Å². The number of hydrogen-bond acceptors (Lipinski definition) is 5. The molecular weight excluding hydrogens is 312 g/mol. The van der Waals surface area contributed by atoms with Gasteiger partial charge in [-0.2, -0.15) is 0 Å². The minimum Gasteiger partial charge on any atom is -0.331 e. The lowest BCUT2D eigenvalue weighted by molar-refractivity contribution is 0.995. The molecule has 3 aromatic heterocycles. The lowest BCUT2D eigenvalue weighted by Crippen LogP contribution is -2.23. The second-order valence-electron chi connectivity index (χ2n) is 5.08. The first-order valence-electron chi connectivity index (χ1n) is 7.10. The highest BCUT2D eigenvalue weighted by Gasteiger charge is 2.30. The van der Waals surface area contributed by atoms with E-state index < -0.39 is 0 Å². The molecular formula is C16H14N4S2. The molecule has 0 atom stereocenters. The number of pyridine rings is 2. The van der Waals surface area contributed by atoms with Crippen LogP contribution in [0.1, 0.15) is 11.8 Å². The molecule has 3 aromatic rings. The first-order valence-corrected chi connectivity index (χ1v) is 8.33. The van der Waals surface area contributed by atoms with E-state index in [2.05, 4.69) is 33.9 Å². The van der Waals surface area contributed by atoms with E-state index in [1.807, 2.05) is 36.5 Å². The van der Waals surface area contributed by atoms with E-state index in [9.17, 15) is 0 Å². The number of aromatic nitrogens is 2. The molecule has 0 aromatic carbocycles. The Morgan fingerprint density at radius 3 is 2.77 bits per heavy atom. The highest BCUT2D eigenvalue weighted by atomic mass is 32.1. The second kappa shape index (κ2) is 5.00. The van der Waals surface area contributed by atoms with E-state index in [0.29, 0.717) is 0 Å². The lowest BCUT2D eigenvalue weighted by atomic mass is 10.2. The minimum absolute atomic E-state index is 0.815. The van der Waals surface area contributed by atoms with Crippen LogP contribution in [0.5, 0.6) is 0 Å². The Balaban J connectivity index is 2.11. The largest absolute Gasteiger partial charge is 0.331 e. The summed E-state index contributed by atoms with van der Waals surface area (Å²) in [6, 6.07) is 8.07. The smallest absolute Gasteiger partial charge is 0.157 e. The van der Waals surface area contributed by atoms with Crippen LogP contribution in [-0.4, -0.2) is 28.5 Å². The SMILES string of the molecule is CCN1c2ncccc2N(C)C(=S)c2sc3cccnc3c21. The van der Waals surface area contributed by atoms with E-state index in [1.54, 1.807) is 11.3 Å². The predicted molar refractivity (Wildman–Crippen MR) is 96.6 cm³/mol. The van der Waals surface area contributed by atoms with Gasteiger partial charge in [-0.15, -0.1) is 11.3 Å². The van der Waals surface area contributed by atoms with Gasteiger partial charge in [0, 0.05) is 26.0 Å². The van der Waals surface area contributed by atoms with Crippen molar-refractivity contribution in [3.63, 3.8) is 0 Å². The Labute approximate surface area is 138 Å². The van der Waals surface area contributed by atoms with Crippen molar-refractivity contribution in [2.45, 2.75) is 6.92 Å². The molecule has 0 amide bonds. The van der Waals surface area contributed by atoms with E-state index in [4.69, 9.17) is 12.2 Å². The van der Waals surface area contributed by atoms with Crippen LogP contribution in [0, 0.1) is 0 Å². The molecule has 6 heteroatoms. The Morgan fingerprint density at radius 2 is 1.95 bits per heavy atom. The van der Waals surface area contributed by atoms with Crippen LogP contribution in [-0.2, 0) is 0 Å². The first kappa shape index (κ1) is 13.6. The van der Waals surface area contributed by atoms with Gasteiger partial charge in [0.15, 0.2) is 5.82 Å². The van der Waals surface area contributed by atoms with Crippen LogP contribution in [0.2, 0.25) is 0 Å². The van der Waals surface area contributed by atoms with E-state index >= 15 is 0 Å². The van der Waals surface area contributed by atoms with Crippen LogP contribution in [0.15, 0.2) is 36.7 Å². The average Bonchev–Trinajstić information content (AvgIpc) is 2.91. The molecule has 4 heterocycles. The summed E-state index contributed by atoms with van der Waals surface area (Å²) >= 11 is 7.44. The standard InChI is InChI=1S/C16H14N4S2/c1-3-20-13-12-11(7-5-8-17-12)22-14(13)16(21)19(2)10-6-4-9-18-15(10)20/h4-9H,3H2,1-2H3. The number of nitrogens with zero attached hydrogens (tertiary/aromatic N) is 4. The van der Waals surface area contributed by atoms with Crippen molar-refractivity contribution in [2.24, 2.45) is 0 Å². The monoisotopic (exact) mass is 326 g/mol. The molecule has 0 spiro atoms. The third kappa shape index (κ3) is 1.77. The quantitative estimate of drug-likeness (QED) is 0.632. The Hall–Kier alpha value is -2.05. The van der Waals surface area contributed by atoms with Crippen molar-refractivity contribution in [3.05, 3.63) is 41.5 Å². The van der Waals surface area contributed by atoms with Gasteiger partial charge in [-0.1, -0.05) is 12.2 Å². The van der Waals surface area contributed by atoms with Gasteiger partial charge in [-0.3, -0.25) is 4.98 Å². The van der Waals surface area contributed by atoms with Gasteiger partial charge in [0.2, 0.25) is 0 Å². The number of hydrogen-bond donors (Lipinski definition) is 0. The third-order valence-electron chi connectivity index (χ3n) is 3.89. The maximum absolute atomic E-state index is 5.74. The lowest BCUT2D eigenvalue weighted by Gasteiger charge is -2.23. The van der Waals surface area contributed by atoms with Gasteiger partial charge in [0.05, 0.1) is 21.0 Å². The molecule has 0 saturated heterocycles. The van der Waals surface area contributed by atoms with Crippen molar-refractivity contribution >= 4 is 56.0 Å². The fourth-order valence-corrected chi connectivity index (χ4v) is 4.31. The van der Waals surface area contributed by atoms with Gasteiger partial charge < -0.3 is 9.80 Å². The summed E-state index contributed by atoms with van der Waals surface area (Å²) in [4.78, 5) is 15.4. The molecule has 0 unspecified atom stereocenters. The molecule has 4 rings (SSSR count). The molecule has 22 heavy (non-hydrogen) atoms. The summed E-state index contributed by atoms with van der Waals surface area (Å²) in [5.74, 6) is 0.930. The zero-order valence-corrected chi connectivity index (χ0v) is 13.9. The second-order valence-corrected chi connectivity index (χ2v) is 6.52. The third-order valence-corrected chi connectivity index (χ3v) is 5.64. The highest BCUT2D eigenvalue weighted by Crippen LogP contribution is 2.45. The molecule has 4 nitrogen and oxygen atoms in total. The molecule has 1 aliphatic heterocycles. The zero-order chi connectivity index (χ0) is 15.3. The molecule has 0 fully saturated rings. The topological polar surface area (TPSA) is 32.3 Å². The molecule has 110 valence electrons. The zero-order valence-electron chi connectivity index (χ0n) is 12.3. The molecule has 0 radical (unpaired) electrons. The van der Waals surface area contributed by atoms with Gasteiger partial charge >= 0.3 is 0 Å².